The Morgan fingerprint density at radius 3 is 1.83 bits per heavy atom. The number of aryl methyl sites for hydroxylation is 2. The Hall–Kier alpha value is -3.65. The van der Waals surface area contributed by atoms with Crippen LogP contribution in [-0.4, -0.2) is 11.1 Å². The zero-order valence-electron chi connectivity index (χ0n) is 16.5. The van der Waals surface area contributed by atoms with Gasteiger partial charge in [0.25, 0.3) is 0 Å². The van der Waals surface area contributed by atoms with Crippen molar-refractivity contribution in [2.75, 3.05) is 0 Å². The van der Waals surface area contributed by atoms with Gasteiger partial charge in [-0.05, 0) is 41.3 Å². The quantitative estimate of drug-likeness (QED) is 0.325. The van der Waals surface area contributed by atoms with E-state index in [1.54, 1.807) is 0 Å². The van der Waals surface area contributed by atoms with Crippen LogP contribution in [0.3, 0.4) is 0 Å². The van der Waals surface area contributed by atoms with Crippen LogP contribution in [0.4, 0.5) is 0 Å². The first-order valence-corrected chi connectivity index (χ1v) is 9.64. The molecule has 29 heavy (non-hydrogen) atoms. The molecule has 0 radical (unpaired) electrons. The van der Waals surface area contributed by atoms with Crippen molar-refractivity contribution in [3.05, 3.63) is 119 Å². The Labute approximate surface area is 170 Å². The number of carbonyl (C=O) groups is 1. The summed E-state index contributed by atoms with van der Waals surface area (Å²) in [5.74, 6) is -0.933. The lowest BCUT2D eigenvalue weighted by Crippen LogP contribution is -2.05. The lowest BCUT2D eigenvalue weighted by molar-refractivity contribution is -0.130. The second-order valence-electron chi connectivity index (χ2n) is 7.31. The van der Waals surface area contributed by atoms with Crippen LogP contribution in [0.15, 0.2) is 91.0 Å². The monoisotopic (exact) mass is 378 g/mol. The third kappa shape index (κ3) is 3.70. The maximum atomic E-state index is 12.5. The minimum atomic E-state index is -0.933. The van der Waals surface area contributed by atoms with Gasteiger partial charge in [-0.3, -0.25) is 0 Å². The molecule has 4 aromatic rings. The van der Waals surface area contributed by atoms with E-state index in [0.29, 0.717) is 11.1 Å². The van der Waals surface area contributed by atoms with E-state index in [-0.39, 0.29) is 0 Å². The highest BCUT2D eigenvalue weighted by Gasteiger charge is 2.21. The molecule has 2 nitrogen and oxygen atoms in total. The van der Waals surface area contributed by atoms with Crippen molar-refractivity contribution in [2.45, 2.75) is 13.8 Å². The van der Waals surface area contributed by atoms with Crippen LogP contribution >= 0.6 is 0 Å². The minimum Gasteiger partial charge on any atom is -0.478 e. The van der Waals surface area contributed by atoms with Crippen molar-refractivity contribution < 1.29 is 9.90 Å². The molecular formula is C27H22O2. The van der Waals surface area contributed by atoms with Crippen LogP contribution in [-0.2, 0) is 4.79 Å². The summed E-state index contributed by atoms with van der Waals surface area (Å²) in [6.45, 7) is 4.03. The predicted octanol–water partition coefficient (Wildman–Crippen LogP) is 6.50. The molecule has 4 aromatic carbocycles. The summed E-state index contributed by atoms with van der Waals surface area (Å²) < 4.78 is 0. The maximum Gasteiger partial charge on any atom is 0.336 e. The molecule has 0 amide bonds. The second kappa shape index (κ2) is 7.76. The molecule has 0 bridgehead atoms. The van der Waals surface area contributed by atoms with E-state index in [1.165, 1.54) is 0 Å². The lowest BCUT2D eigenvalue weighted by Gasteiger charge is -2.17. The molecule has 0 aromatic heterocycles. The molecule has 0 aliphatic carbocycles. The molecule has 4 rings (SSSR count). The van der Waals surface area contributed by atoms with Crippen molar-refractivity contribution >= 4 is 27.9 Å². The van der Waals surface area contributed by atoms with Crippen LogP contribution in [0.5, 0.6) is 0 Å². The zero-order chi connectivity index (χ0) is 20.4. The summed E-state index contributed by atoms with van der Waals surface area (Å²) in [7, 11) is 0. The van der Waals surface area contributed by atoms with Gasteiger partial charge in [0, 0.05) is 5.57 Å². The molecule has 0 saturated heterocycles. The molecule has 0 unspecified atom stereocenters. The molecular weight excluding hydrogens is 356 g/mol. The van der Waals surface area contributed by atoms with Crippen LogP contribution in [0, 0.1) is 13.8 Å². The highest BCUT2D eigenvalue weighted by atomic mass is 16.4. The topological polar surface area (TPSA) is 37.3 Å². The normalized spacial score (nSPS) is 11.9. The molecule has 0 atom stereocenters. The third-order valence-electron chi connectivity index (χ3n) is 5.20. The number of hydrogen-bond acceptors (Lipinski definition) is 1. The van der Waals surface area contributed by atoms with E-state index in [0.717, 1.165) is 38.6 Å². The number of fused-ring (bicyclic) bond motifs is 1. The second-order valence-corrected chi connectivity index (χ2v) is 7.31. The molecule has 1 N–H and O–H groups in total. The van der Waals surface area contributed by atoms with Crippen molar-refractivity contribution in [1.29, 1.82) is 0 Å². The molecule has 0 fully saturated rings. The zero-order valence-corrected chi connectivity index (χ0v) is 16.5. The van der Waals surface area contributed by atoms with Gasteiger partial charge in [-0.25, -0.2) is 4.79 Å². The average molecular weight is 378 g/mol. The number of rotatable bonds is 4. The van der Waals surface area contributed by atoms with Crippen LogP contribution in [0.25, 0.3) is 21.9 Å². The van der Waals surface area contributed by atoms with Gasteiger partial charge < -0.3 is 5.11 Å². The van der Waals surface area contributed by atoms with Gasteiger partial charge in [-0.1, -0.05) is 102 Å². The van der Waals surface area contributed by atoms with E-state index < -0.39 is 5.97 Å². The first-order valence-electron chi connectivity index (χ1n) is 9.64. The summed E-state index contributed by atoms with van der Waals surface area (Å²) in [5, 5.41) is 12.4. The number of hydrogen-bond donors (Lipinski definition) is 1. The van der Waals surface area contributed by atoms with Crippen molar-refractivity contribution in [3.8, 4) is 0 Å². The fourth-order valence-corrected chi connectivity index (χ4v) is 3.69. The summed E-state index contributed by atoms with van der Waals surface area (Å²) in [6, 6.07) is 29.9. The Bertz CT molecular complexity index is 1210. The Balaban J connectivity index is 2.12. The van der Waals surface area contributed by atoms with Crippen LogP contribution in [0.2, 0.25) is 0 Å². The largest absolute Gasteiger partial charge is 0.478 e. The SMILES string of the molecule is Cc1ccc(/C(C(=O)O)=C(\c2ccc(C)cc2)c2cccc3ccccc23)cc1. The van der Waals surface area contributed by atoms with E-state index >= 15 is 0 Å². The smallest absolute Gasteiger partial charge is 0.336 e. The van der Waals surface area contributed by atoms with E-state index in [9.17, 15) is 9.90 Å². The average Bonchev–Trinajstić information content (AvgIpc) is 2.73. The fourth-order valence-electron chi connectivity index (χ4n) is 3.69. The first-order chi connectivity index (χ1) is 14.0. The van der Waals surface area contributed by atoms with E-state index in [2.05, 4.69) is 12.1 Å². The highest BCUT2D eigenvalue weighted by molar-refractivity contribution is 6.27. The molecule has 0 saturated carbocycles. The summed E-state index contributed by atoms with van der Waals surface area (Å²) in [5.41, 5.74) is 5.79. The first kappa shape index (κ1) is 18.7. The molecule has 142 valence electrons. The number of benzene rings is 4. The molecule has 0 aliphatic rings. The van der Waals surface area contributed by atoms with Gasteiger partial charge in [0.15, 0.2) is 0 Å². The Kier molecular flexibility index (Phi) is 5.01. The van der Waals surface area contributed by atoms with Gasteiger partial charge in [0.05, 0.1) is 5.57 Å². The van der Waals surface area contributed by atoms with E-state index in [1.807, 2.05) is 92.7 Å². The number of carboxylic acids is 1. The number of aliphatic carboxylic acids is 1. The molecule has 2 heteroatoms. The predicted molar refractivity (Wildman–Crippen MR) is 120 cm³/mol. The summed E-state index contributed by atoms with van der Waals surface area (Å²) in [4.78, 5) is 12.5. The summed E-state index contributed by atoms with van der Waals surface area (Å²) in [6.07, 6.45) is 0. The van der Waals surface area contributed by atoms with Crippen LogP contribution in [0.1, 0.15) is 27.8 Å². The highest BCUT2D eigenvalue weighted by Crippen LogP contribution is 2.36. The van der Waals surface area contributed by atoms with E-state index in [4.69, 9.17) is 0 Å². The fraction of sp³-hybridized carbons (Fsp3) is 0.0741. The number of carboxylic acid groups (broad SMARTS) is 1. The van der Waals surface area contributed by atoms with Gasteiger partial charge in [0.1, 0.15) is 0 Å². The third-order valence-corrected chi connectivity index (χ3v) is 5.20. The standard InChI is InChI=1S/C27H22O2/c1-18-10-14-21(15-11-18)25(24-9-5-7-20-6-3-4-8-23(20)24)26(27(28)29)22-16-12-19(2)13-17-22/h3-17H,1-2H3,(H,28,29)/b26-25-. The molecule has 0 aliphatic heterocycles. The van der Waals surface area contributed by atoms with Crippen molar-refractivity contribution in [1.82, 2.24) is 0 Å². The van der Waals surface area contributed by atoms with Gasteiger partial charge >= 0.3 is 5.97 Å². The van der Waals surface area contributed by atoms with Crippen LogP contribution < -0.4 is 0 Å². The minimum absolute atomic E-state index is 0.310. The van der Waals surface area contributed by atoms with Gasteiger partial charge in [-0.2, -0.15) is 0 Å². The maximum absolute atomic E-state index is 12.5. The van der Waals surface area contributed by atoms with Gasteiger partial charge in [-0.15, -0.1) is 0 Å². The molecule has 0 heterocycles. The van der Waals surface area contributed by atoms with Gasteiger partial charge in [0.2, 0.25) is 0 Å². The van der Waals surface area contributed by atoms with Crippen molar-refractivity contribution in [2.24, 2.45) is 0 Å². The molecule has 0 spiro atoms. The Morgan fingerprint density at radius 2 is 1.21 bits per heavy atom. The lowest BCUT2D eigenvalue weighted by atomic mass is 9.86. The Morgan fingerprint density at radius 1 is 0.655 bits per heavy atom. The summed E-state index contributed by atoms with van der Waals surface area (Å²) >= 11 is 0. The van der Waals surface area contributed by atoms with Crippen molar-refractivity contribution in [3.63, 3.8) is 0 Å².